The Labute approximate surface area is 167 Å². The Morgan fingerprint density at radius 1 is 1.25 bits per heavy atom. The van der Waals surface area contributed by atoms with Crippen LogP contribution in [0.1, 0.15) is 39.5 Å². The van der Waals surface area contributed by atoms with Crippen LogP contribution in [0.2, 0.25) is 0 Å². The van der Waals surface area contributed by atoms with Crippen LogP contribution in [0.15, 0.2) is 29.2 Å². The topological polar surface area (TPSA) is 92.3 Å². The van der Waals surface area contributed by atoms with E-state index in [-0.39, 0.29) is 16.8 Å². The number of benzene rings is 1. The molecule has 156 valence electrons. The Kier molecular flexibility index (Phi) is 7.09. The molecule has 8 heteroatoms. The molecule has 1 saturated heterocycles. The lowest BCUT2D eigenvalue weighted by atomic mass is 9.85. The van der Waals surface area contributed by atoms with Crippen LogP contribution in [0, 0.1) is 5.92 Å². The summed E-state index contributed by atoms with van der Waals surface area (Å²) in [5.74, 6) is 0.518. The quantitative estimate of drug-likeness (QED) is 0.737. The fourth-order valence-electron chi connectivity index (χ4n) is 4.02. The number of carbonyl (C=O) groups is 1. The zero-order valence-corrected chi connectivity index (χ0v) is 17.6. The molecule has 1 aromatic rings. The van der Waals surface area contributed by atoms with E-state index in [0.717, 1.165) is 6.42 Å². The van der Waals surface area contributed by atoms with Gasteiger partial charge in [0.05, 0.1) is 24.2 Å². The van der Waals surface area contributed by atoms with Gasteiger partial charge in [-0.3, -0.25) is 4.79 Å². The summed E-state index contributed by atoms with van der Waals surface area (Å²) in [5.41, 5.74) is 0.510. The highest BCUT2D eigenvalue weighted by molar-refractivity contribution is 7.89. The van der Waals surface area contributed by atoms with Gasteiger partial charge >= 0.3 is 0 Å². The van der Waals surface area contributed by atoms with Crippen molar-refractivity contribution in [2.75, 3.05) is 31.6 Å². The molecule has 0 bridgehead atoms. The van der Waals surface area contributed by atoms with Crippen molar-refractivity contribution < 1.29 is 23.3 Å². The number of ether oxygens (including phenoxy) is 1. The number of sulfonamides is 1. The number of nitrogens with one attached hydrogen (secondary N) is 1. The summed E-state index contributed by atoms with van der Waals surface area (Å²) in [7, 11) is -3.58. The predicted octanol–water partition coefficient (Wildman–Crippen LogP) is 1.18. The predicted molar refractivity (Wildman–Crippen MR) is 107 cm³/mol. The second-order valence-corrected chi connectivity index (χ2v) is 9.88. The maximum absolute atomic E-state index is 12.8. The van der Waals surface area contributed by atoms with Crippen molar-refractivity contribution in [3.8, 4) is 0 Å². The van der Waals surface area contributed by atoms with Gasteiger partial charge in [0.2, 0.25) is 10.0 Å². The number of morpholine rings is 1. The molecule has 3 atom stereocenters. The number of hydrogen-bond acceptors (Lipinski definition) is 4. The van der Waals surface area contributed by atoms with E-state index >= 15 is 0 Å². The largest absolute Gasteiger partial charge is 0.379 e. The fourth-order valence-corrected chi connectivity index (χ4v) is 5.47. The van der Waals surface area contributed by atoms with Crippen molar-refractivity contribution in [1.82, 2.24) is 4.31 Å². The Morgan fingerprint density at radius 2 is 1.96 bits per heavy atom. The molecule has 0 aromatic heterocycles. The van der Waals surface area contributed by atoms with Gasteiger partial charge in [-0.25, -0.2) is 8.42 Å². The van der Waals surface area contributed by atoms with E-state index in [4.69, 9.17) is 4.74 Å². The first-order valence-corrected chi connectivity index (χ1v) is 11.7. The van der Waals surface area contributed by atoms with Crippen molar-refractivity contribution in [3.63, 3.8) is 0 Å². The lowest BCUT2D eigenvalue weighted by molar-refractivity contribution is -0.714. The van der Waals surface area contributed by atoms with Crippen LogP contribution in [0.5, 0.6) is 0 Å². The van der Waals surface area contributed by atoms with Gasteiger partial charge in [-0.2, -0.15) is 4.31 Å². The first kappa shape index (κ1) is 21.2. The van der Waals surface area contributed by atoms with Crippen LogP contribution >= 0.6 is 0 Å². The van der Waals surface area contributed by atoms with Gasteiger partial charge in [0.15, 0.2) is 6.04 Å². The normalized spacial score (nSPS) is 25.2. The molecule has 7 nitrogen and oxygen atoms in total. The highest BCUT2D eigenvalue weighted by Crippen LogP contribution is 2.22. The number of carbonyl (C=O) groups excluding carboxylic acids is 1. The molecule has 1 aromatic carbocycles. The Bertz CT molecular complexity index is 777. The van der Waals surface area contributed by atoms with Crippen molar-refractivity contribution in [3.05, 3.63) is 24.3 Å². The van der Waals surface area contributed by atoms with Crippen LogP contribution in [0.25, 0.3) is 0 Å². The zero-order chi connectivity index (χ0) is 20.1. The van der Waals surface area contributed by atoms with E-state index in [2.05, 4.69) is 17.6 Å². The first-order valence-electron chi connectivity index (χ1n) is 10.2. The molecule has 1 amide bonds. The van der Waals surface area contributed by atoms with Gasteiger partial charge in [-0.15, -0.1) is 0 Å². The minimum atomic E-state index is -3.58. The van der Waals surface area contributed by atoms with Crippen molar-refractivity contribution in [1.29, 1.82) is 0 Å². The van der Waals surface area contributed by atoms with Gasteiger partial charge in [0, 0.05) is 24.7 Å². The highest BCUT2D eigenvalue weighted by atomic mass is 32.2. The van der Waals surface area contributed by atoms with Crippen LogP contribution < -0.4 is 10.6 Å². The van der Waals surface area contributed by atoms with Gasteiger partial charge in [-0.1, -0.05) is 19.4 Å². The third-order valence-corrected chi connectivity index (χ3v) is 7.73. The summed E-state index contributed by atoms with van der Waals surface area (Å²) in [5, 5.41) is 5.04. The standard InChI is InChI=1S/C20H31N3O4S/c1-15-6-3-4-9-19(15)21-16(2)20(24)22-17-7-5-8-18(14-17)28(25,26)23-10-12-27-13-11-23/h5,7-8,14-16,19,21H,3-4,6,9-13H2,1-2H3,(H,22,24)/p+1/t15-,16+,19-/m1/s1. The second-order valence-electron chi connectivity index (χ2n) is 7.94. The molecule has 1 saturated carbocycles. The van der Waals surface area contributed by atoms with E-state index in [1.165, 1.54) is 23.6 Å². The van der Waals surface area contributed by atoms with Crippen molar-refractivity contribution >= 4 is 21.6 Å². The van der Waals surface area contributed by atoms with E-state index in [1.54, 1.807) is 24.3 Å². The molecule has 0 radical (unpaired) electrons. The summed E-state index contributed by atoms with van der Waals surface area (Å²) in [6, 6.07) is 6.76. The minimum absolute atomic E-state index is 0.0984. The number of quaternary nitrogens is 1. The summed E-state index contributed by atoms with van der Waals surface area (Å²) >= 11 is 0. The lowest BCUT2D eigenvalue weighted by Crippen LogP contribution is -2.97. The third kappa shape index (κ3) is 5.11. The molecule has 1 aliphatic heterocycles. The summed E-state index contributed by atoms with van der Waals surface area (Å²) in [6.45, 7) is 5.68. The molecule has 1 aliphatic carbocycles. The SMILES string of the molecule is C[C@H]([NH2+][C@@H]1CCCC[C@H]1C)C(=O)Nc1cccc(S(=O)(=O)N2CCOCC2)c1. The Hall–Kier alpha value is -1.48. The number of anilines is 1. The molecular formula is C20H32N3O4S+. The molecule has 3 rings (SSSR count). The van der Waals surface area contributed by atoms with Crippen LogP contribution in [0.3, 0.4) is 0 Å². The van der Waals surface area contributed by atoms with Gasteiger partial charge in [0.25, 0.3) is 5.91 Å². The number of nitrogens with zero attached hydrogens (tertiary/aromatic N) is 1. The maximum Gasteiger partial charge on any atom is 0.282 e. The van der Waals surface area contributed by atoms with E-state index < -0.39 is 10.0 Å². The number of amides is 1. The van der Waals surface area contributed by atoms with Crippen LogP contribution in [-0.2, 0) is 19.6 Å². The third-order valence-electron chi connectivity index (χ3n) is 5.84. The molecule has 28 heavy (non-hydrogen) atoms. The second kappa shape index (κ2) is 9.35. The summed E-state index contributed by atoms with van der Waals surface area (Å²) in [6.07, 6.45) is 4.86. The van der Waals surface area contributed by atoms with Crippen molar-refractivity contribution in [2.45, 2.75) is 56.5 Å². The van der Waals surface area contributed by atoms with Crippen molar-refractivity contribution in [2.24, 2.45) is 5.92 Å². The molecular weight excluding hydrogens is 378 g/mol. The summed E-state index contributed by atoms with van der Waals surface area (Å²) in [4.78, 5) is 12.8. The average Bonchev–Trinajstić information content (AvgIpc) is 2.70. The molecule has 0 unspecified atom stereocenters. The van der Waals surface area contributed by atoms with E-state index in [0.29, 0.717) is 44.0 Å². The maximum atomic E-state index is 12.8. The zero-order valence-electron chi connectivity index (χ0n) is 16.8. The number of rotatable bonds is 6. The average molecular weight is 411 g/mol. The van der Waals surface area contributed by atoms with Crippen LogP contribution in [-0.4, -0.2) is 57.0 Å². The van der Waals surface area contributed by atoms with Crippen LogP contribution in [0.4, 0.5) is 5.69 Å². The molecule has 1 heterocycles. The monoisotopic (exact) mass is 410 g/mol. The van der Waals surface area contributed by atoms with E-state index in [9.17, 15) is 13.2 Å². The highest BCUT2D eigenvalue weighted by Gasteiger charge is 2.29. The Morgan fingerprint density at radius 3 is 2.68 bits per heavy atom. The molecule has 2 fully saturated rings. The molecule has 0 spiro atoms. The van der Waals surface area contributed by atoms with Gasteiger partial charge in [-0.05, 0) is 44.4 Å². The number of hydrogen-bond donors (Lipinski definition) is 2. The van der Waals surface area contributed by atoms with Gasteiger partial charge in [0.1, 0.15) is 0 Å². The molecule has 3 N–H and O–H groups in total. The smallest absolute Gasteiger partial charge is 0.282 e. The minimum Gasteiger partial charge on any atom is -0.379 e. The van der Waals surface area contributed by atoms with E-state index in [1.807, 2.05) is 6.92 Å². The first-order chi connectivity index (χ1) is 13.4. The lowest BCUT2D eigenvalue weighted by Gasteiger charge is -2.28. The molecule has 2 aliphatic rings. The van der Waals surface area contributed by atoms with Gasteiger partial charge < -0.3 is 15.4 Å². The Balaban J connectivity index is 1.64. The summed E-state index contributed by atoms with van der Waals surface area (Å²) < 4.78 is 32.3. The fraction of sp³-hybridized carbons (Fsp3) is 0.650. The number of nitrogens with two attached hydrogens (primary N) is 1.